The summed E-state index contributed by atoms with van der Waals surface area (Å²) < 4.78 is 25.7. The van der Waals surface area contributed by atoms with E-state index in [4.69, 9.17) is 23.9 Å². The van der Waals surface area contributed by atoms with Gasteiger partial charge in [-0.15, -0.1) is 0 Å². The molecule has 1 aliphatic heterocycles. The molecule has 1 N–H and O–H groups in total. The van der Waals surface area contributed by atoms with E-state index in [-0.39, 0.29) is 6.10 Å². The Kier molecular flexibility index (Phi) is 8.29. The number of H-pyrrole nitrogens is 1. The van der Waals surface area contributed by atoms with E-state index >= 15 is 0 Å². The lowest BCUT2D eigenvalue weighted by molar-refractivity contribution is -0.143. The number of benzene rings is 4. The van der Waals surface area contributed by atoms with Gasteiger partial charge in [-0.25, -0.2) is 4.98 Å². The largest absolute Gasteiger partial charge is 0.492 e. The van der Waals surface area contributed by atoms with Gasteiger partial charge in [-0.3, -0.25) is 0 Å². The van der Waals surface area contributed by atoms with Crippen LogP contribution in [0.5, 0.6) is 0 Å². The summed E-state index contributed by atoms with van der Waals surface area (Å²) in [5, 5.41) is 0. The molecule has 4 aromatic carbocycles. The minimum absolute atomic E-state index is 0.351. The summed E-state index contributed by atoms with van der Waals surface area (Å²) in [6, 6.07) is 38.4. The average molecular weight is 533 g/mol. The summed E-state index contributed by atoms with van der Waals surface area (Å²) in [7, 11) is 0. The fourth-order valence-electron chi connectivity index (χ4n) is 4.86. The number of rotatable bonds is 11. The summed E-state index contributed by atoms with van der Waals surface area (Å²) >= 11 is 0. The Bertz CT molecular complexity index is 1490. The fraction of sp³-hybridized carbons (Fsp3) is 0.206. The maximum absolute atomic E-state index is 6.64. The monoisotopic (exact) mass is 532 g/mol. The number of nitrogens with one attached hydrogen (secondary N) is 1. The van der Waals surface area contributed by atoms with Gasteiger partial charge in [0.2, 0.25) is 0 Å². The third kappa shape index (κ3) is 6.32. The number of aromatic nitrogens is 2. The van der Waals surface area contributed by atoms with Gasteiger partial charge >= 0.3 is 0 Å². The first-order valence-corrected chi connectivity index (χ1v) is 13.6. The highest BCUT2D eigenvalue weighted by molar-refractivity contribution is 5.79. The van der Waals surface area contributed by atoms with Crippen LogP contribution in [0.15, 0.2) is 122 Å². The fourth-order valence-corrected chi connectivity index (χ4v) is 4.86. The minimum Gasteiger partial charge on any atom is -0.492 e. The van der Waals surface area contributed by atoms with Gasteiger partial charge in [0.1, 0.15) is 24.1 Å². The molecule has 0 unspecified atom stereocenters. The van der Waals surface area contributed by atoms with Crippen molar-refractivity contribution in [3.63, 3.8) is 0 Å². The van der Waals surface area contributed by atoms with E-state index in [0.29, 0.717) is 32.3 Å². The molecule has 6 heteroatoms. The second kappa shape index (κ2) is 12.7. The van der Waals surface area contributed by atoms with Crippen molar-refractivity contribution in [1.29, 1.82) is 0 Å². The lowest BCUT2D eigenvalue weighted by Crippen LogP contribution is -2.47. The van der Waals surface area contributed by atoms with Gasteiger partial charge in [-0.05, 0) is 28.8 Å². The summed E-state index contributed by atoms with van der Waals surface area (Å²) in [5.41, 5.74) is 5.91. The lowest BCUT2D eigenvalue weighted by atomic mass is 9.97. The van der Waals surface area contributed by atoms with Crippen LogP contribution in [0.3, 0.4) is 0 Å². The van der Waals surface area contributed by atoms with Crippen molar-refractivity contribution < 1.29 is 18.9 Å². The Morgan fingerprint density at radius 3 is 1.88 bits per heavy atom. The van der Waals surface area contributed by atoms with Crippen LogP contribution in [-0.2, 0) is 38.8 Å². The first-order chi connectivity index (χ1) is 19.8. The smallest absolute Gasteiger partial charge is 0.150 e. The molecule has 6 rings (SSSR count). The molecule has 1 aromatic heterocycles. The average Bonchev–Trinajstić information content (AvgIpc) is 3.45. The van der Waals surface area contributed by atoms with Gasteiger partial charge in [0, 0.05) is 0 Å². The Labute approximate surface area is 234 Å². The molecule has 0 spiro atoms. The number of imidazole rings is 1. The Morgan fingerprint density at radius 2 is 1.23 bits per heavy atom. The van der Waals surface area contributed by atoms with Crippen LogP contribution >= 0.6 is 0 Å². The molecule has 3 atom stereocenters. The predicted octanol–water partition coefficient (Wildman–Crippen LogP) is 6.69. The third-order valence-corrected chi connectivity index (χ3v) is 6.96. The molecule has 0 radical (unpaired) electrons. The zero-order chi connectivity index (χ0) is 27.0. The quantitative estimate of drug-likeness (QED) is 0.205. The van der Waals surface area contributed by atoms with Crippen LogP contribution in [0, 0.1) is 0 Å². The first-order valence-electron chi connectivity index (χ1n) is 13.6. The second-order valence-electron chi connectivity index (χ2n) is 9.83. The van der Waals surface area contributed by atoms with E-state index in [0.717, 1.165) is 33.3 Å². The topological polar surface area (TPSA) is 65.6 Å². The van der Waals surface area contributed by atoms with Crippen LogP contribution in [0.4, 0.5) is 0 Å². The van der Waals surface area contributed by atoms with E-state index in [1.54, 1.807) is 6.26 Å². The summed E-state index contributed by atoms with van der Waals surface area (Å²) in [4.78, 5) is 8.29. The number of fused-ring (bicyclic) bond motifs is 1. The van der Waals surface area contributed by atoms with Crippen molar-refractivity contribution in [2.24, 2.45) is 0 Å². The van der Waals surface area contributed by atoms with Crippen molar-refractivity contribution in [3.05, 3.63) is 144 Å². The van der Waals surface area contributed by atoms with Gasteiger partial charge in [-0.1, -0.05) is 103 Å². The number of hydrogen-bond acceptors (Lipinski definition) is 5. The zero-order valence-corrected chi connectivity index (χ0v) is 22.2. The number of hydrogen-bond donors (Lipinski definition) is 1. The Morgan fingerprint density at radius 1 is 0.650 bits per heavy atom. The highest BCUT2D eigenvalue weighted by Gasteiger charge is 2.40. The number of para-hydroxylation sites is 2. The number of aromatic amines is 1. The summed E-state index contributed by atoms with van der Waals surface area (Å²) in [6.45, 7) is 1.68. The van der Waals surface area contributed by atoms with Crippen molar-refractivity contribution in [3.8, 4) is 0 Å². The van der Waals surface area contributed by atoms with Crippen LogP contribution in [0.2, 0.25) is 0 Å². The van der Waals surface area contributed by atoms with Gasteiger partial charge in [0.15, 0.2) is 0 Å². The molecule has 2 heterocycles. The first kappa shape index (κ1) is 26.0. The van der Waals surface area contributed by atoms with Crippen molar-refractivity contribution >= 4 is 16.6 Å². The predicted molar refractivity (Wildman–Crippen MR) is 155 cm³/mol. The molecule has 5 aromatic rings. The molecule has 1 aliphatic rings. The molecular weight excluding hydrogens is 500 g/mol. The van der Waals surface area contributed by atoms with Gasteiger partial charge in [0.25, 0.3) is 0 Å². The summed E-state index contributed by atoms with van der Waals surface area (Å²) in [5.74, 6) is 0.705. The second-order valence-corrected chi connectivity index (χ2v) is 9.83. The van der Waals surface area contributed by atoms with Crippen LogP contribution in [-0.4, -0.2) is 34.9 Å². The van der Waals surface area contributed by atoms with E-state index in [2.05, 4.69) is 41.4 Å². The SMILES string of the molecule is C1=C(c2nc3ccccc3[nH]2)[C@@H](OCc2ccccc2)[C@@H](OCc2ccccc2)[C@@H](COCc2ccccc2)O1. The standard InChI is InChI=1S/C34H32N2O4/c1-4-12-25(13-5-1)20-37-24-31-33(40-22-27-16-8-3-9-17-27)32(39-21-26-14-6-2-7-15-26)28(23-38-31)34-35-29-18-10-11-19-30(29)36-34/h1-19,23,31-33H,20-22,24H2,(H,35,36)/t31-,32-,33+/m1/s1. The molecule has 0 saturated carbocycles. The molecule has 0 fully saturated rings. The van der Waals surface area contributed by atoms with Crippen molar-refractivity contribution in [1.82, 2.24) is 9.97 Å². The van der Waals surface area contributed by atoms with Crippen molar-refractivity contribution in [2.45, 2.75) is 38.1 Å². The molecule has 6 nitrogen and oxygen atoms in total. The van der Waals surface area contributed by atoms with Gasteiger partial charge in [-0.2, -0.15) is 0 Å². The molecule has 0 bridgehead atoms. The number of nitrogens with zero attached hydrogens (tertiary/aromatic N) is 1. The lowest BCUT2D eigenvalue weighted by Gasteiger charge is -2.37. The van der Waals surface area contributed by atoms with Crippen molar-refractivity contribution in [2.75, 3.05) is 6.61 Å². The summed E-state index contributed by atoms with van der Waals surface area (Å²) in [6.07, 6.45) is 0.504. The van der Waals surface area contributed by atoms with Crippen LogP contribution in [0.1, 0.15) is 22.5 Å². The molecule has 202 valence electrons. The maximum Gasteiger partial charge on any atom is 0.150 e. The van der Waals surface area contributed by atoms with Crippen LogP contribution in [0.25, 0.3) is 16.6 Å². The molecule has 40 heavy (non-hydrogen) atoms. The highest BCUT2D eigenvalue weighted by Crippen LogP contribution is 2.33. The maximum atomic E-state index is 6.64. The van der Waals surface area contributed by atoms with E-state index < -0.39 is 12.2 Å². The van der Waals surface area contributed by atoms with E-state index in [1.807, 2.05) is 78.9 Å². The minimum atomic E-state index is -0.441. The van der Waals surface area contributed by atoms with Gasteiger partial charge in [0.05, 0.1) is 49.3 Å². The number of ether oxygens (including phenoxy) is 4. The van der Waals surface area contributed by atoms with Gasteiger partial charge < -0.3 is 23.9 Å². The zero-order valence-electron chi connectivity index (χ0n) is 22.2. The molecule has 0 saturated heterocycles. The normalized spacial score (nSPS) is 18.8. The molecule has 0 aliphatic carbocycles. The molecule has 0 amide bonds. The van der Waals surface area contributed by atoms with Crippen LogP contribution < -0.4 is 0 Å². The van der Waals surface area contributed by atoms with E-state index in [1.165, 1.54) is 0 Å². The molecular formula is C34H32N2O4. The Balaban J connectivity index is 1.29. The Hall–Kier alpha value is -4.23. The third-order valence-electron chi connectivity index (χ3n) is 6.96. The van der Waals surface area contributed by atoms with E-state index in [9.17, 15) is 0 Å². The highest BCUT2D eigenvalue weighted by atomic mass is 16.6.